The van der Waals surface area contributed by atoms with Crippen molar-refractivity contribution in [2.45, 2.75) is 71.1 Å². The van der Waals surface area contributed by atoms with Crippen LogP contribution < -0.4 is 0 Å². The van der Waals surface area contributed by atoms with Crippen LogP contribution in [0.2, 0.25) is 0 Å². The number of fused-ring (bicyclic) bond motifs is 1. The van der Waals surface area contributed by atoms with E-state index in [-0.39, 0.29) is 23.4 Å². The van der Waals surface area contributed by atoms with Crippen molar-refractivity contribution < 1.29 is 14.6 Å². The molecule has 0 bridgehead atoms. The van der Waals surface area contributed by atoms with Gasteiger partial charge in [-0.15, -0.1) is 0 Å². The van der Waals surface area contributed by atoms with Crippen molar-refractivity contribution >= 4 is 11.5 Å². The van der Waals surface area contributed by atoms with Crippen LogP contribution in [0.4, 0.5) is 0 Å². The Kier molecular flexibility index (Phi) is 7.06. The predicted molar refractivity (Wildman–Crippen MR) is 128 cm³/mol. The van der Waals surface area contributed by atoms with E-state index in [4.69, 9.17) is 4.74 Å². The molecule has 3 heteroatoms. The number of hydrogen-bond acceptors (Lipinski definition) is 3. The normalized spacial score (nSPS) is 17.2. The maximum absolute atomic E-state index is 12.0. The molecular weight excluding hydrogens is 384 g/mol. The quantitative estimate of drug-likeness (QED) is 0.541. The van der Waals surface area contributed by atoms with Crippen molar-refractivity contribution in [1.29, 1.82) is 0 Å². The molecule has 0 fully saturated rings. The molecule has 0 atom stereocenters. The van der Waals surface area contributed by atoms with Gasteiger partial charge in [-0.05, 0) is 83.4 Å². The second-order valence-electron chi connectivity index (χ2n) is 9.88. The number of hydrogen-bond donors (Lipinski definition) is 1. The molecule has 3 rings (SSSR count). The molecule has 1 N–H and O–H groups in total. The van der Waals surface area contributed by atoms with E-state index in [1.807, 2.05) is 12.1 Å². The van der Waals surface area contributed by atoms with Gasteiger partial charge in [0.2, 0.25) is 0 Å². The molecule has 0 aromatic heterocycles. The topological polar surface area (TPSA) is 46.5 Å². The summed E-state index contributed by atoms with van der Waals surface area (Å²) in [6.45, 7) is 11.5. The molecule has 0 unspecified atom stereocenters. The number of aliphatic hydroxyl groups excluding tert-OH is 1. The molecule has 0 heterocycles. The monoisotopic (exact) mass is 420 g/mol. The van der Waals surface area contributed by atoms with Crippen LogP contribution in [0.1, 0.15) is 86.5 Å². The fourth-order valence-electron chi connectivity index (χ4n) is 4.54. The van der Waals surface area contributed by atoms with Crippen molar-refractivity contribution in [2.75, 3.05) is 13.2 Å². The third-order valence-electron chi connectivity index (χ3n) is 6.66. The molecule has 1 aliphatic carbocycles. The Morgan fingerprint density at radius 2 is 1.68 bits per heavy atom. The van der Waals surface area contributed by atoms with Gasteiger partial charge in [-0.2, -0.15) is 0 Å². The molecule has 0 amide bonds. The summed E-state index contributed by atoms with van der Waals surface area (Å²) in [5.74, 6) is -0.332. The molecule has 0 saturated carbocycles. The number of carbonyl (C=O) groups is 1. The van der Waals surface area contributed by atoms with Crippen LogP contribution in [0.25, 0.3) is 5.57 Å². The highest BCUT2D eigenvalue weighted by Crippen LogP contribution is 2.45. The van der Waals surface area contributed by atoms with Crippen molar-refractivity contribution in [1.82, 2.24) is 0 Å². The van der Waals surface area contributed by atoms with Crippen LogP contribution >= 0.6 is 0 Å². The zero-order chi connectivity index (χ0) is 22.6. The van der Waals surface area contributed by atoms with Gasteiger partial charge in [0.15, 0.2) is 0 Å². The predicted octanol–water partition coefficient (Wildman–Crippen LogP) is 6.22. The van der Waals surface area contributed by atoms with Crippen molar-refractivity contribution in [3.8, 4) is 0 Å². The van der Waals surface area contributed by atoms with Gasteiger partial charge < -0.3 is 9.84 Å². The smallest absolute Gasteiger partial charge is 0.338 e. The Labute approximate surface area is 187 Å². The maximum Gasteiger partial charge on any atom is 0.338 e. The molecule has 166 valence electrons. The number of aliphatic hydroxyl groups is 1. The molecule has 0 spiro atoms. The van der Waals surface area contributed by atoms with Crippen LogP contribution in [-0.2, 0) is 22.0 Å². The van der Waals surface area contributed by atoms with Crippen LogP contribution in [0.3, 0.4) is 0 Å². The lowest BCUT2D eigenvalue weighted by molar-refractivity contribution is 0.0526. The van der Waals surface area contributed by atoms with Crippen LogP contribution in [0.5, 0.6) is 0 Å². The average Bonchev–Trinajstić information content (AvgIpc) is 2.75. The number of aryl methyl sites for hydroxylation is 1. The van der Waals surface area contributed by atoms with Gasteiger partial charge in [0.1, 0.15) is 0 Å². The number of benzene rings is 2. The molecule has 0 radical (unpaired) electrons. The highest BCUT2D eigenvalue weighted by molar-refractivity contribution is 5.90. The van der Waals surface area contributed by atoms with E-state index < -0.39 is 0 Å². The largest absolute Gasteiger partial charge is 0.462 e. The zero-order valence-electron chi connectivity index (χ0n) is 19.6. The second-order valence-corrected chi connectivity index (χ2v) is 9.88. The third kappa shape index (κ3) is 5.27. The van der Waals surface area contributed by atoms with Gasteiger partial charge in [-0.1, -0.05) is 64.1 Å². The average molecular weight is 421 g/mol. The molecule has 31 heavy (non-hydrogen) atoms. The van der Waals surface area contributed by atoms with Crippen LogP contribution in [0.15, 0.2) is 48.5 Å². The molecule has 1 aliphatic rings. The van der Waals surface area contributed by atoms with Gasteiger partial charge in [-0.25, -0.2) is 4.79 Å². The first kappa shape index (κ1) is 23.3. The van der Waals surface area contributed by atoms with Gasteiger partial charge in [0.05, 0.1) is 18.8 Å². The number of ether oxygens (including phenoxy) is 1. The van der Waals surface area contributed by atoms with Crippen molar-refractivity contribution in [3.05, 3.63) is 76.4 Å². The first-order valence-electron chi connectivity index (χ1n) is 11.4. The summed E-state index contributed by atoms with van der Waals surface area (Å²) in [7, 11) is 0. The van der Waals surface area contributed by atoms with Crippen molar-refractivity contribution in [3.63, 3.8) is 0 Å². The van der Waals surface area contributed by atoms with E-state index in [0.29, 0.717) is 12.2 Å². The molecule has 2 aromatic carbocycles. The lowest BCUT2D eigenvalue weighted by Gasteiger charge is -2.42. The highest BCUT2D eigenvalue weighted by Gasteiger charge is 2.36. The summed E-state index contributed by atoms with van der Waals surface area (Å²) in [5, 5.41) is 9.91. The summed E-state index contributed by atoms with van der Waals surface area (Å²) in [5.41, 5.74) is 6.95. The lowest BCUT2D eigenvalue weighted by atomic mass is 9.63. The summed E-state index contributed by atoms with van der Waals surface area (Å²) in [4.78, 5) is 12.0. The van der Waals surface area contributed by atoms with Gasteiger partial charge in [0.25, 0.3) is 0 Å². The Morgan fingerprint density at radius 1 is 1.00 bits per heavy atom. The first-order valence-corrected chi connectivity index (χ1v) is 11.4. The zero-order valence-corrected chi connectivity index (χ0v) is 19.6. The van der Waals surface area contributed by atoms with Crippen LogP contribution in [0, 0.1) is 0 Å². The number of rotatable bonds is 7. The number of carbonyl (C=O) groups excluding carboxylic acids is 1. The summed E-state index contributed by atoms with van der Waals surface area (Å²) < 4.78 is 5.09. The standard InChI is InChI=1S/C28H36O3/c1-6-31-26(30)22-11-8-10-21(18-22)23(19-29)12-7-9-20-13-14-24-25(17-20)28(4,5)16-15-27(24,2)3/h8,10-14,17-18,29H,6-7,9,15-16,19H2,1-5H3. The first-order chi connectivity index (χ1) is 14.7. The fraction of sp³-hybridized carbons (Fsp3) is 0.464. The molecule has 0 aliphatic heterocycles. The maximum atomic E-state index is 12.0. The highest BCUT2D eigenvalue weighted by atomic mass is 16.5. The summed E-state index contributed by atoms with van der Waals surface area (Å²) >= 11 is 0. The molecule has 2 aromatic rings. The minimum Gasteiger partial charge on any atom is -0.462 e. The molecule has 3 nitrogen and oxygen atoms in total. The number of allylic oxidation sites excluding steroid dienone is 1. The van der Waals surface area contributed by atoms with Gasteiger partial charge in [0, 0.05) is 0 Å². The molecule has 0 saturated heterocycles. The number of esters is 1. The van der Waals surface area contributed by atoms with Crippen molar-refractivity contribution in [2.24, 2.45) is 0 Å². The van der Waals surface area contributed by atoms with E-state index in [1.165, 1.54) is 29.5 Å². The Bertz CT molecular complexity index is 966. The third-order valence-corrected chi connectivity index (χ3v) is 6.66. The second kappa shape index (κ2) is 9.40. The minimum atomic E-state index is -0.332. The van der Waals surface area contributed by atoms with Crippen LogP contribution in [-0.4, -0.2) is 24.3 Å². The van der Waals surface area contributed by atoms with E-state index in [2.05, 4.69) is 52.0 Å². The Morgan fingerprint density at radius 3 is 2.35 bits per heavy atom. The SMILES string of the molecule is CCOC(=O)c1cccc(C(=CCCc2ccc3c(c2)C(C)(C)CCC3(C)C)CO)c1. The minimum absolute atomic E-state index is 0.0579. The van der Waals surface area contributed by atoms with E-state index in [0.717, 1.165) is 24.0 Å². The summed E-state index contributed by atoms with van der Waals surface area (Å²) in [6, 6.07) is 14.3. The van der Waals surface area contributed by atoms with E-state index in [9.17, 15) is 9.90 Å². The Balaban J connectivity index is 1.77. The van der Waals surface area contributed by atoms with E-state index in [1.54, 1.807) is 19.1 Å². The fourth-order valence-corrected chi connectivity index (χ4v) is 4.54. The van der Waals surface area contributed by atoms with Gasteiger partial charge >= 0.3 is 5.97 Å². The summed E-state index contributed by atoms with van der Waals surface area (Å²) in [6.07, 6.45) is 6.27. The molecular formula is C28H36O3. The van der Waals surface area contributed by atoms with Gasteiger partial charge in [-0.3, -0.25) is 0 Å². The Hall–Kier alpha value is -2.39. The van der Waals surface area contributed by atoms with E-state index >= 15 is 0 Å². The lowest BCUT2D eigenvalue weighted by Crippen LogP contribution is -2.33.